The van der Waals surface area contributed by atoms with Gasteiger partial charge in [0.25, 0.3) is 0 Å². The SMILES string of the molecule is CCCC(CN)NC(=O)COCC(F)(F)F. The zero-order valence-electron chi connectivity index (χ0n) is 9.14. The van der Waals surface area contributed by atoms with Crippen LogP contribution in [0.15, 0.2) is 0 Å². The average molecular weight is 242 g/mol. The van der Waals surface area contributed by atoms with Crippen LogP contribution in [-0.2, 0) is 9.53 Å². The maximum atomic E-state index is 11.7. The number of nitrogens with one attached hydrogen (secondary N) is 1. The van der Waals surface area contributed by atoms with Gasteiger partial charge in [0.15, 0.2) is 0 Å². The first-order valence-electron chi connectivity index (χ1n) is 5.03. The van der Waals surface area contributed by atoms with E-state index in [0.29, 0.717) is 6.42 Å². The van der Waals surface area contributed by atoms with E-state index in [0.717, 1.165) is 6.42 Å². The van der Waals surface area contributed by atoms with E-state index in [1.54, 1.807) is 0 Å². The van der Waals surface area contributed by atoms with E-state index in [1.165, 1.54) is 0 Å². The highest BCUT2D eigenvalue weighted by Gasteiger charge is 2.27. The number of nitrogens with two attached hydrogens (primary N) is 1. The van der Waals surface area contributed by atoms with Gasteiger partial charge in [-0.15, -0.1) is 0 Å². The Morgan fingerprint density at radius 1 is 1.50 bits per heavy atom. The molecular formula is C9H17F3N2O2. The molecule has 96 valence electrons. The van der Waals surface area contributed by atoms with Gasteiger partial charge in [-0.1, -0.05) is 13.3 Å². The van der Waals surface area contributed by atoms with Crippen LogP contribution in [0.3, 0.4) is 0 Å². The summed E-state index contributed by atoms with van der Waals surface area (Å²) in [6.45, 7) is 0.176. The van der Waals surface area contributed by atoms with E-state index in [1.807, 2.05) is 6.92 Å². The Morgan fingerprint density at radius 2 is 2.12 bits per heavy atom. The lowest BCUT2D eigenvalue weighted by molar-refractivity contribution is -0.175. The Kier molecular flexibility index (Phi) is 7.07. The van der Waals surface area contributed by atoms with Crippen molar-refractivity contribution in [3.8, 4) is 0 Å². The first-order valence-corrected chi connectivity index (χ1v) is 5.03. The highest BCUT2D eigenvalue weighted by molar-refractivity contribution is 5.77. The fourth-order valence-electron chi connectivity index (χ4n) is 1.13. The van der Waals surface area contributed by atoms with E-state index in [9.17, 15) is 18.0 Å². The minimum atomic E-state index is -4.41. The van der Waals surface area contributed by atoms with Crippen LogP contribution in [0.5, 0.6) is 0 Å². The Morgan fingerprint density at radius 3 is 2.56 bits per heavy atom. The zero-order valence-corrected chi connectivity index (χ0v) is 9.14. The number of alkyl halides is 3. The van der Waals surface area contributed by atoms with Crippen LogP contribution in [-0.4, -0.2) is 37.9 Å². The molecule has 1 unspecified atom stereocenters. The Labute approximate surface area is 92.3 Å². The second-order valence-corrected chi connectivity index (χ2v) is 3.40. The van der Waals surface area contributed by atoms with Crippen LogP contribution < -0.4 is 11.1 Å². The summed E-state index contributed by atoms with van der Waals surface area (Å²) < 4.78 is 39.2. The smallest absolute Gasteiger partial charge is 0.362 e. The Hall–Kier alpha value is -0.820. The Balaban J connectivity index is 3.72. The Bertz CT molecular complexity index is 209. The minimum absolute atomic E-state index is 0.202. The number of halogens is 3. The number of carbonyl (C=O) groups excluding carboxylic acids is 1. The molecule has 1 atom stereocenters. The van der Waals surface area contributed by atoms with Gasteiger partial charge in [-0.05, 0) is 6.42 Å². The third-order valence-electron chi connectivity index (χ3n) is 1.79. The van der Waals surface area contributed by atoms with Crippen LogP contribution in [0.1, 0.15) is 19.8 Å². The molecule has 4 nitrogen and oxygen atoms in total. The molecule has 0 fully saturated rings. The van der Waals surface area contributed by atoms with Gasteiger partial charge in [-0.2, -0.15) is 13.2 Å². The third kappa shape index (κ3) is 8.49. The molecule has 0 saturated carbocycles. The summed E-state index contributed by atoms with van der Waals surface area (Å²) in [5, 5.41) is 2.50. The second kappa shape index (κ2) is 7.45. The number of hydrogen-bond acceptors (Lipinski definition) is 3. The monoisotopic (exact) mass is 242 g/mol. The minimum Gasteiger partial charge on any atom is -0.362 e. The van der Waals surface area contributed by atoms with Gasteiger partial charge in [0, 0.05) is 12.6 Å². The van der Waals surface area contributed by atoms with Crippen molar-refractivity contribution in [2.24, 2.45) is 5.73 Å². The summed E-state index contributed by atoms with van der Waals surface area (Å²) in [7, 11) is 0. The van der Waals surface area contributed by atoms with Crippen molar-refractivity contribution in [3.05, 3.63) is 0 Å². The van der Waals surface area contributed by atoms with E-state index < -0.39 is 25.3 Å². The number of hydrogen-bond donors (Lipinski definition) is 2. The highest BCUT2D eigenvalue weighted by Crippen LogP contribution is 2.14. The number of ether oxygens (including phenoxy) is 1. The molecule has 0 aromatic heterocycles. The largest absolute Gasteiger partial charge is 0.411 e. The van der Waals surface area contributed by atoms with Crippen LogP contribution in [0.2, 0.25) is 0 Å². The summed E-state index contributed by atoms with van der Waals surface area (Å²) in [5.74, 6) is -0.576. The average Bonchev–Trinajstić information content (AvgIpc) is 2.15. The number of amides is 1. The van der Waals surface area contributed by atoms with Crippen LogP contribution in [0.4, 0.5) is 13.2 Å². The maximum absolute atomic E-state index is 11.7. The second-order valence-electron chi connectivity index (χ2n) is 3.40. The topological polar surface area (TPSA) is 64.3 Å². The molecule has 0 heterocycles. The molecule has 0 rings (SSSR count). The fraction of sp³-hybridized carbons (Fsp3) is 0.889. The predicted octanol–water partition coefficient (Wildman–Crippen LogP) is 0.809. The molecule has 0 aliphatic rings. The quantitative estimate of drug-likeness (QED) is 0.694. The zero-order chi connectivity index (χ0) is 12.6. The summed E-state index contributed by atoms with van der Waals surface area (Å²) in [4.78, 5) is 11.1. The van der Waals surface area contributed by atoms with Crippen molar-refractivity contribution in [2.45, 2.75) is 32.0 Å². The summed E-state index contributed by atoms with van der Waals surface area (Å²) in [6.07, 6.45) is -2.87. The van der Waals surface area contributed by atoms with E-state index in [4.69, 9.17) is 5.73 Å². The standard InChI is InChI=1S/C9H17F3N2O2/c1-2-3-7(4-13)14-8(15)5-16-6-9(10,11)12/h7H,2-6,13H2,1H3,(H,14,15). The molecule has 0 aliphatic carbocycles. The van der Waals surface area contributed by atoms with Gasteiger partial charge in [0.05, 0.1) is 0 Å². The number of carbonyl (C=O) groups is 1. The van der Waals surface area contributed by atoms with E-state index >= 15 is 0 Å². The molecule has 0 radical (unpaired) electrons. The molecule has 0 aliphatic heterocycles. The van der Waals surface area contributed by atoms with Crippen molar-refractivity contribution < 1.29 is 22.7 Å². The lowest BCUT2D eigenvalue weighted by Gasteiger charge is -2.16. The molecule has 0 saturated heterocycles. The molecule has 0 spiro atoms. The van der Waals surface area contributed by atoms with Crippen LogP contribution in [0, 0.1) is 0 Å². The summed E-state index contributed by atoms with van der Waals surface area (Å²) in [6, 6.07) is -0.202. The molecule has 7 heteroatoms. The van der Waals surface area contributed by atoms with E-state index in [-0.39, 0.29) is 12.6 Å². The van der Waals surface area contributed by atoms with Gasteiger partial charge >= 0.3 is 6.18 Å². The predicted molar refractivity (Wildman–Crippen MR) is 52.8 cm³/mol. The van der Waals surface area contributed by atoms with Crippen LogP contribution >= 0.6 is 0 Å². The summed E-state index contributed by atoms with van der Waals surface area (Å²) >= 11 is 0. The molecule has 16 heavy (non-hydrogen) atoms. The normalized spacial score (nSPS) is 13.6. The van der Waals surface area contributed by atoms with Crippen LogP contribution in [0.25, 0.3) is 0 Å². The molecule has 1 amide bonds. The van der Waals surface area contributed by atoms with Crippen molar-refractivity contribution in [1.82, 2.24) is 5.32 Å². The lowest BCUT2D eigenvalue weighted by atomic mass is 10.2. The first kappa shape index (κ1) is 15.2. The summed E-state index contributed by atoms with van der Waals surface area (Å²) in [5.41, 5.74) is 5.37. The maximum Gasteiger partial charge on any atom is 0.411 e. The molecule has 0 aromatic rings. The van der Waals surface area contributed by atoms with Gasteiger partial charge in [-0.25, -0.2) is 0 Å². The third-order valence-corrected chi connectivity index (χ3v) is 1.79. The molecule has 0 aromatic carbocycles. The highest BCUT2D eigenvalue weighted by atomic mass is 19.4. The van der Waals surface area contributed by atoms with Gasteiger partial charge in [-0.3, -0.25) is 4.79 Å². The number of rotatable bonds is 7. The van der Waals surface area contributed by atoms with Gasteiger partial charge in [0.1, 0.15) is 13.2 Å². The van der Waals surface area contributed by atoms with Crippen molar-refractivity contribution in [2.75, 3.05) is 19.8 Å². The van der Waals surface area contributed by atoms with Crippen molar-refractivity contribution in [3.63, 3.8) is 0 Å². The van der Waals surface area contributed by atoms with Gasteiger partial charge in [0.2, 0.25) is 5.91 Å². The molecular weight excluding hydrogens is 225 g/mol. The molecule has 3 N–H and O–H groups in total. The first-order chi connectivity index (χ1) is 7.39. The van der Waals surface area contributed by atoms with Gasteiger partial charge < -0.3 is 15.8 Å². The van der Waals surface area contributed by atoms with Crippen molar-refractivity contribution >= 4 is 5.91 Å². The fourth-order valence-corrected chi connectivity index (χ4v) is 1.13. The molecule has 0 bridgehead atoms. The van der Waals surface area contributed by atoms with Crippen molar-refractivity contribution in [1.29, 1.82) is 0 Å². The van der Waals surface area contributed by atoms with E-state index in [2.05, 4.69) is 10.1 Å². The lowest BCUT2D eigenvalue weighted by Crippen LogP contribution is -2.42.